The second-order valence-corrected chi connectivity index (χ2v) is 9.88. The van der Waals surface area contributed by atoms with Crippen molar-refractivity contribution in [3.8, 4) is 16.7 Å². The fourth-order valence-corrected chi connectivity index (χ4v) is 6.03. The van der Waals surface area contributed by atoms with E-state index < -0.39 is 0 Å². The highest BCUT2D eigenvalue weighted by Crippen LogP contribution is 2.36. The monoisotopic (exact) mass is 471 g/mol. The summed E-state index contributed by atoms with van der Waals surface area (Å²) < 4.78 is 12.8. The summed E-state index contributed by atoms with van der Waals surface area (Å²) in [5.74, 6) is 1.74. The van der Waals surface area contributed by atoms with Gasteiger partial charge in [-0.2, -0.15) is 0 Å². The Balaban J connectivity index is 1.07. The average molecular weight is 472 g/mol. The summed E-state index contributed by atoms with van der Waals surface area (Å²) in [7, 11) is 0. The fraction of sp³-hybridized carbons (Fsp3) is 0.417. The Hall–Kier alpha value is -2.35. The molecule has 0 spiro atoms. The van der Waals surface area contributed by atoms with Crippen molar-refractivity contribution in [1.82, 2.24) is 15.2 Å². The largest absolute Gasteiger partial charge is 0.492 e. The van der Waals surface area contributed by atoms with Gasteiger partial charge in [-0.25, -0.2) is 4.98 Å². The third-order valence-corrected chi connectivity index (χ3v) is 7.39. The molecule has 2 saturated heterocycles. The Kier molecular flexibility index (Phi) is 6.22. The quantitative estimate of drug-likeness (QED) is 0.476. The van der Waals surface area contributed by atoms with Gasteiger partial charge in [0, 0.05) is 36.6 Å². The third kappa shape index (κ3) is 4.70. The summed E-state index contributed by atoms with van der Waals surface area (Å²) in [6, 6.07) is 14.5. The number of benzene rings is 2. The van der Waals surface area contributed by atoms with E-state index in [9.17, 15) is 4.79 Å². The maximum atomic E-state index is 11.8. The van der Waals surface area contributed by atoms with Gasteiger partial charge in [-0.3, -0.25) is 4.79 Å². The first kappa shape index (κ1) is 21.5. The van der Waals surface area contributed by atoms with E-state index in [0.29, 0.717) is 40.7 Å². The van der Waals surface area contributed by atoms with Crippen LogP contribution < -0.4 is 14.8 Å². The van der Waals surface area contributed by atoms with E-state index in [-0.39, 0.29) is 5.91 Å². The van der Waals surface area contributed by atoms with Crippen molar-refractivity contribution < 1.29 is 14.3 Å². The number of piperidine rings is 1. The van der Waals surface area contributed by atoms with Crippen LogP contribution in [0.25, 0.3) is 10.2 Å². The molecule has 2 fully saturated rings. The van der Waals surface area contributed by atoms with E-state index in [2.05, 4.69) is 15.2 Å². The lowest BCUT2D eigenvalue weighted by molar-refractivity contribution is -0.133. The molecule has 5 rings (SSSR count). The molecule has 2 aliphatic rings. The van der Waals surface area contributed by atoms with Crippen LogP contribution in [0, 0.1) is 0 Å². The molecule has 0 aliphatic carbocycles. The summed E-state index contributed by atoms with van der Waals surface area (Å²) in [5, 5.41) is 4.89. The van der Waals surface area contributed by atoms with Gasteiger partial charge in [0.25, 0.3) is 5.19 Å². The fourth-order valence-electron chi connectivity index (χ4n) is 4.92. The minimum atomic E-state index is 0.222. The van der Waals surface area contributed by atoms with Gasteiger partial charge in [0.1, 0.15) is 18.1 Å². The lowest BCUT2D eigenvalue weighted by atomic mass is 9.97. The second kappa shape index (κ2) is 9.25. The van der Waals surface area contributed by atoms with Gasteiger partial charge in [-0.1, -0.05) is 22.9 Å². The van der Waals surface area contributed by atoms with Crippen molar-refractivity contribution in [3.05, 3.63) is 47.5 Å². The molecular weight excluding hydrogens is 446 g/mol. The van der Waals surface area contributed by atoms with Crippen LogP contribution in [0.1, 0.15) is 32.6 Å². The predicted molar refractivity (Wildman–Crippen MR) is 127 cm³/mol. The molecule has 2 aliphatic heterocycles. The molecule has 3 aromatic rings. The number of carbonyl (C=O) groups excluding carboxylic acids is 1. The molecule has 6 nitrogen and oxygen atoms in total. The van der Waals surface area contributed by atoms with Crippen LogP contribution in [-0.2, 0) is 4.79 Å². The number of aromatic nitrogens is 1. The number of nitrogens with one attached hydrogen (secondary N) is 1. The van der Waals surface area contributed by atoms with Crippen molar-refractivity contribution in [2.45, 2.75) is 50.7 Å². The molecule has 1 amide bonds. The van der Waals surface area contributed by atoms with Gasteiger partial charge < -0.3 is 19.7 Å². The second-order valence-electron chi connectivity index (χ2n) is 8.45. The number of ether oxygens (including phenoxy) is 2. The Labute approximate surface area is 196 Å². The van der Waals surface area contributed by atoms with Gasteiger partial charge >= 0.3 is 0 Å². The lowest BCUT2D eigenvalue weighted by Gasteiger charge is -2.38. The number of thiazole rings is 1. The average Bonchev–Trinajstić information content (AvgIpc) is 3.29. The van der Waals surface area contributed by atoms with Crippen molar-refractivity contribution in [1.29, 1.82) is 0 Å². The van der Waals surface area contributed by atoms with Gasteiger partial charge in [-0.05, 0) is 68.1 Å². The molecule has 1 aromatic heterocycles. The van der Waals surface area contributed by atoms with E-state index in [1.54, 1.807) is 6.92 Å². The van der Waals surface area contributed by atoms with E-state index in [0.717, 1.165) is 48.2 Å². The number of carbonyl (C=O) groups is 1. The highest BCUT2D eigenvalue weighted by Gasteiger charge is 2.41. The molecule has 3 heterocycles. The minimum Gasteiger partial charge on any atom is -0.492 e. The number of amides is 1. The van der Waals surface area contributed by atoms with Crippen LogP contribution in [0.3, 0.4) is 0 Å². The van der Waals surface area contributed by atoms with Crippen LogP contribution in [-0.4, -0.2) is 47.1 Å². The molecule has 0 saturated carbocycles. The topological polar surface area (TPSA) is 63.7 Å². The van der Waals surface area contributed by atoms with Crippen LogP contribution in [0.15, 0.2) is 42.5 Å². The Morgan fingerprint density at radius 1 is 1.16 bits per heavy atom. The zero-order valence-corrected chi connectivity index (χ0v) is 19.5. The summed E-state index contributed by atoms with van der Waals surface area (Å²) in [4.78, 5) is 18.4. The van der Waals surface area contributed by atoms with E-state index >= 15 is 0 Å². The van der Waals surface area contributed by atoms with Gasteiger partial charge in [-0.15, -0.1) is 0 Å². The molecule has 2 bridgehead atoms. The zero-order valence-electron chi connectivity index (χ0n) is 17.9. The number of hydrogen-bond acceptors (Lipinski definition) is 6. The predicted octanol–water partition coefficient (Wildman–Crippen LogP) is 5.25. The first-order valence-corrected chi connectivity index (χ1v) is 12.2. The van der Waals surface area contributed by atoms with Gasteiger partial charge in [0.2, 0.25) is 5.91 Å². The maximum absolute atomic E-state index is 11.8. The molecular formula is C24H26ClN3O3S. The van der Waals surface area contributed by atoms with Crippen molar-refractivity contribution in [3.63, 3.8) is 0 Å². The van der Waals surface area contributed by atoms with Gasteiger partial charge in [0.15, 0.2) is 0 Å². The number of halogens is 1. The summed E-state index contributed by atoms with van der Waals surface area (Å²) in [6.45, 7) is 3.08. The molecule has 168 valence electrons. The first-order valence-electron chi connectivity index (χ1n) is 11.0. The number of fused-ring (bicyclic) bond motifs is 3. The Bertz CT molecular complexity index is 1090. The van der Waals surface area contributed by atoms with Crippen LogP contribution in [0.2, 0.25) is 5.02 Å². The van der Waals surface area contributed by atoms with Crippen LogP contribution in [0.4, 0.5) is 0 Å². The van der Waals surface area contributed by atoms with Gasteiger partial charge in [0.05, 0.1) is 10.2 Å². The van der Waals surface area contributed by atoms with Crippen LogP contribution in [0.5, 0.6) is 16.7 Å². The van der Waals surface area contributed by atoms with Crippen molar-refractivity contribution in [2.24, 2.45) is 0 Å². The summed E-state index contributed by atoms with van der Waals surface area (Å²) >= 11 is 7.51. The van der Waals surface area contributed by atoms with E-state index in [1.807, 2.05) is 42.5 Å². The molecule has 32 heavy (non-hydrogen) atoms. The zero-order chi connectivity index (χ0) is 22.1. The molecule has 2 unspecified atom stereocenters. The molecule has 2 atom stereocenters. The highest BCUT2D eigenvalue weighted by atomic mass is 35.5. The molecule has 2 aromatic carbocycles. The number of hydrogen-bond donors (Lipinski definition) is 1. The highest BCUT2D eigenvalue weighted by molar-refractivity contribution is 7.20. The smallest absolute Gasteiger partial charge is 0.279 e. The lowest BCUT2D eigenvalue weighted by Crippen LogP contribution is -2.51. The molecule has 0 radical (unpaired) electrons. The van der Waals surface area contributed by atoms with E-state index in [1.165, 1.54) is 11.3 Å². The normalized spacial score (nSPS) is 22.3. The summed E-state index contributed by atoms with van der Waals surface area (Å²) in [6.07, 6.45) is 4.36. The maximum Gasteiger partial charge on any atom is 0.279 e. The SMILES string of the molecule is CC(=O)N1C2CCC1CC(NCCOc1ccc(Oc3nc4ccc(Cl)cc4s3)cc1)C2. The number of rotatable bonds is 7. The molecule has 1 N–H and O–H groups in total. The first-order chi connectivity index (χ1) is 15.5. The summed E-state index contributed by atoms with van der Waals surface area (Å²) in [5.41, 5.74) is 0.877. The number of nitrogens with zero attached hydrogens (tertiary/aromatic N) is 2. The Morgan fingerprint density at radius 2 is 1.88 bits per heavy atom. The standard InChI is InChI=1S/C24H26ClN3O3S/c1-15(29)28-18-3-4-19(28)14-17(13-18)26-10-11-30-20-5-7-21(8-6-20)31-24-27-22-9-2-16(25)12-23(22)32-24/h2,5-9,12,17-19,26H,3-4,10-11,13-14H2,1H3. The van der Waals surface area contributed by atoms with Crippen molar-refractivity contribution in [2.75, 3.05) is 13.2 Å². The van der Waals surface area contributed by atoms with Crippen LogP contribution >= 0.6 is 22.9 Å². The molecule has 8 heteroatoms. The Morgan fingerprint density at radius 3 is 2.59 bits per heavy atom. The third-order valence-electron chi connectivity index (χ3n) is 6.26. The van der Waals surface area contributed by atoms with E-state index in [4.69, 9.17) is 21.1 Å². The van der Waals surface area contributed by atoms with Crippen molar-refractivity contribution >= 4 is 39.1 Å². The minimum absolute atomic E-state index is 0.222.